The van der Waals surface area contributed by atoms with Crippen LogP contribution in [0.5, 0.6) is 5.75 Å². The molecule has 2 aromatic carbocycles. The van der Waals surface area contributed by atoms with E-state index >= 15 is 0 Å². The molecule has 4 rings (SSSR count). The number of ether oxygens (including phenoxy) is 2. The highest BCUT2D eigenvalue weighted by Gasteiger charge is 2.37. The van der Waals surface area contributed by atoms with Crippen molar-refractivity contribution in [1.29, 1.82) is 0 Å². The summed E-state index contributed by atoms with van der Waals surface area (Å²) in [5, 5.41) is 2.26. The van der Waals surface area contributed by atoms with E-state index in [2.05, 4.69) is 10.2 Å². The van der Waals surface area contributed by atoms with Gasteiger partial charge in [0.2, 0.25) is 0 Å². The third kappa shape index (κ3) is 4.22. The number of aryl methyl sites for hydroxylation is 2. The zero-order valence-electron chi connectivity index (χ0n) is 18.3. The third-order valence-corrected chi connectivity index (χ3v) is 5.46. The van der Waals surface area contributed by atoms with Crippen molar-refractivity contribution in [3.05, 3.63) is 58.7 Å². The summed E-state index contributed by atoms with van der Waals surface area (Å²) in [7, 11) is 1.54. The van der Waals surface area contributed by atoms with Crippen molar-refractivity contribution in [3.8, 4) is 5.75 Å². The zero-order chi connectivity index (χ0) is 22.8. The third-order valence-electron chi connectivity index (χ3n) is 5.46. The van der Waals surface area contributed by atoms with Gasteiger partial charge in [0.05, 0.1) is 26.0 Å². The van der Waals surface area contributed by atoms with Gasteiger partial charge in [0, 0.05) is 30.4 Å². The van der Waals surface area contributed by atoms with Gasteiger partial charge in [-0.15, -0.1) is 0 Å². The van der Waals surface area contributed by atoms with E-state index in [0.29, 0.717) is 30.2 Å². The van der Waals surface area contributed by atoms with E-state index in [1.54, 1.807) is 18.2 Å². The van der Waals surface area contributed by atoms with Gasteiger partial charge in [-0.05, 0) is 55.3 Å². The van der Waals surface area contributed by atoms with Crippen LogP contribution in [0.2, 0.25) is 0 Å². The van der Waals surface area contributed by atoms with Crippen LogP contribution in [0, 0.1) is 13.8 Å². The predicted octanol–water partition coefficient (Wildman–Crippen LogP) is 2.82. The summed E-state index contributed by atoms with van der Waals surface area (Å²) in [6.07, 6.45) is 1.46. The number of nitrogens with zero attached hydrogens (tertiary/aromatic N) is 2. The molecule has 2 aliphatic rings. The molecular formula is C24H25N3O5. The minimum atomic E-state index is -0.767. The standard InChI is InChI=1S/C24H25N3O5/c1-15-10-16(2)12-19(11-15)27-23(29)20(22(28)25-24(27)30)13-17-4-5-18(14-21(17)31-3)26-6-8-32-9-7-26/h4-5,10-14H,6-9H2,1-3H3,(H,25,28,30)/b20-13+. The lowest BCUT2D eigenvalue weighted by atomic mass is 10.0. The Bertz CT molecular complexity index is 1100. The van der Waals surface area contributed by atoms with Crippen molar-refractivity contribution in [2.45, 2.75) is 13.8 Å². The first-order chi connectivity index (χ1) is 15.4. The van der Waals surface area contributed by atoms with Gasteiger partial charge in [-0.25, -0.2) is 9.69 Å². The summed E-state index contributed by atoms with van der Waals surface area (Å²) in [6, 6.07) is 10.2. The first-order valence-electron chi connectivity index (χ1n) is 10.4. The molecule has 8 heteroatoms. The molecule has 2 aliphatic heterocycles. The van der Waals surface area contributed by atoms with Crippen LogP contribution in [0.3, 0.4) is 0 Å². The van der Waals surface area contributed by atoms with E-state index in [1.807, 2.05) is 32.0 Å². The van der Waals surface area contributed by atoms with Gasteiger partial charge in [0.15, 0.2) is 0 Å². The first-order valence-corrected chi connectivity index (χ1v) is 10.4. The summed E-state index contributed by atoms with van der Waals surface area (Å²) in [4.78, 5) is 41.4. The topological polar surface area (TPSA) is 88.2 Å². The minimum Gasteiger partial charge on any atom is -0.496 e. The molecule has 2 fully saturated rings. The van der Waals surface area contributed by atoms with Crippen LogP contribution in [0.1, 0.15) is 16.7 Å². The molecule has 0 saturated carbocycles. The van der Waals surface area contributed by atoms with Crippen LogP contribution in [-0.4, -0.2) is 51.3 Å². The molecule has 32 heavy (non-hydrogen) atoms. The number of carbonyl (C=O) groups is 3. The average Bonchev–Trinajstić information content (AvgIpc) is 2.76. The Morgan fingerprint density at radius 2 is 1.66 bits per heavy atom. The Balaban J connectivity index is 1.69. The lowest BCUT2D eigenvalue weighted by molar-refractivity contribution is -0.122. The zero-order valence-corrected chi connectivity index (χ0v) is 18.3. The molecule has 0 atom stereocenters. The number of barbiturate groups is 1. The Morgan fingerprint density at radius 1 is 0.969 bits per heavy atom. The number of hydrogen-bond acceptors (Lipinski definition) is 6. The van der Waals surface area contributed by atoms with Crippen LogP contribution in [-0.2, 0) is 14.3 Å². The normalized spacial score (nSPS) is 18.2. The maximum Gasteiger partial charge on any atom is 0.335 e. The second kappa shape index (κ2) is 8.84. The molecule has 2 aromatic rings. The number of hydrogen-bond donors (Lipinski definition) is 1. The fraction of sp³-hybridized carbons (Fsp3) is 0.292. The Morgan fingerprint density at radius 3 is 2.31 bits per heavy atom. The van der Waals surface area contributed by atoms with Gasteiger partial charge in [0.25, 0.3) is 11.8 Å². The molecular weight excluding hydrogens is 410 g/mol. The fourth-order valence-corrected chi connectivity index (χ4v) is 3.96. The number of carbonyl (C=O) groups excluding carboxylic acids is 3. The lowest BCUT2D eigenvalue weighted by Crippen LogP contribution is -2.54. The van der Waals surface area contributed by atoms with Gasteiger partial charge < -0.3 is 14.4 Å². The lowest BCUT2D eigenvalue weighted by Gasteiger charge is -2.29. The average molecular weight is 435 g/mol. The SMILES string of the molecule is COc1cc(N2CCOCC2)ccc1/C=C1\C(=O)NC(=O)N(c2cc(C)cc(C)c2)C1=O. The molecule has 4 amide bonds. The van der Waals surface area contributed by atoms with Gasteiger partial charge in [-0.2, -0.15) is 0 Å². The quantitative estimate of drug-likeness (QED) is 0.587. The summed E-state index contributed by atoms with van der Waals surface area (Å²) >= 11 is 0. The molecule has 0 bridgehead atoms. The number of benzene rings is 2. The smallest absolute Gasteiger partial charge is 0.335 e. The Kier molecular flexibility index (Phi) is 5.96. The van der Waals surface area contributed by atoms with E-state index in [-0.39, 0.29) is 5.57 Å². The van der Waals surface area contributed by atoms with Gasteiger partial charge >= 0.3 is 6.03 Å². The molecule has 0 radical (unpaired) electrons. The summed E-state index contributed by atoms with van der Waals surface area (Å²) in [6.45, 7) is 6.63. The second-order valence-electron chi connectivity index (χ2n) is 7.83. The largest absolute Gasteiger partial charge is 0.496 e. The number of rotatable bonds is 4. The predicted molar refractivity (Wildman–Crippen MR) is 121 cm³/mol. The van der Waals surface area contributed by atoms with Crippen molar-refractivity contribution < 1.29 is 23.9 Å². The highest BCUT2D eigenvalue weighted by Crippen LogP contribution is 2.30. The van der Waals surface area contributed by atoms with Crippen molar-refractivity contribution in [3.63, 3.8) is 0 Å². The number of methoxy groups -OCH3 is 1. The number of nitrogens with one attached hydrogen (secondary N) is 1. The van der Waals surface area contributed by atoms with Crippen molar-refractivity contribution >= 4 is 35.3 Å². The van der Waals surface area contributed by atoms with E-state index < -0.39 is 17.8 Å². The highest BCUT2D eigenvalue weighted by molar-refractivity contribution is 6.39. The van der Waals surface area contributed by atoms with Gasteiger partial charge in [-0.3, -0.25) is 14.9 Å². The van der Waals surface area contributed by atoms with Crippen molar-refractivity contribution in [1.82, 2.24) is 5.32 Å². The van der Waals surface area contributed by atoms with Gasteiger partial charge in [-0.1, -0.05) is 6.07 Å². The van der Waals surface area contributed by atoms with E-state index in [0.717, 1.165) is 34.8 Å². The maximum atomic E-state index is 13.2. The first kappa shape index (κ1) is 21.6. The molecule has 2 heterocycles. The molecule has 0 aliphatic carbocycles. The molecule has 0 spiro atoms. The molecule has 1 N–H and O–H groups in total. The van der Waals surface area contributed by atoms with Crippen LogP contribution in [0.4, 0.5) is 16.2 Å². The molecule has 0 unspecified atom stereocenters. The van der Waals surface area contributed by atoms with Crippen LogP contribution in [0.15, 0.2) is 42.0 Å². The summed E-state index contributed by atoms with van der Waals surface area (Å²) in [5.74, 6) is -0.889. The second-order valence-corrected chi connectivity index (χ2v) is 7.83. The number of anilines is 2. The van der Waals surface area contributed by atoms with Crippen molar-refractivity contribution in [2.75, 3.05) is 43.2 Å². The van der Waals surface area contributed by atoms with Crippen molar-refractivity contribution in [2.24, 2.45) is 0 Å². The maximum absolute atomic E-state index is 13.2. The van der Waals surface area contributed by atoms with E-state index in [1.165, 1.54) is 13.2 Å². The molecule has 166 valence electrons. The molecule has 8 nitrogen and oxygen atoms in total. The molecule has 0 aromatic heterocycles. The van der Waals surface area contributed by atoms with E-state index in [4.69, 9.17) is 9.47 Å². The summed E-state index contributed by atoms with van der Waals surface area (Å²) < 4.78 is 10.9. The Labute approximate surface area is 186 Å². The van der Waals surface area contributed by atoms with Gasteiger partial charge in [0.1, 0.15) is 11.3 Å². The van der Waals surface area contributed by atoms with Crippen LogP contribution < -0.4 is 19.9 Å². The number of imide groups is 2. The van der Waals surface area contributed by atoms with E-state index in [9.17, 15) is 14.4 Å². The van der Waals surface area contributed by atoms with Crippen LogP contribution >= 0.6 is 0 Å². The monoisotopic (exact) mass is 435 g/mol. The minimum absolute atomic E-state index is 0.138. The highest BCUT2D eigenvalue weighted by atomic mass is 16.5. The number of urea groups is 1. The fourth-order valence-electron chi connectivity index (χ4n) is 3.96. The number of amides is 4. The molecule has 2 saturated heterocycles. The summed E-state index contributed by atoms with van der Waals surface area (Å²) in [5.41, 5.74) is 3.63. The van der Waals surface area contributed by atoms with Crippen LogP contribution in [0.25, 0.3) is 6.08 Å². The number of morpholine rings is 1. The Hall–Kier alpha value is -3.65.